The van der Waals surface area contributed by atoms with E-state index in [2.05, 4.69) is 18.7 Å². The highest BCUT2D eigenvalue weighted by molar-refractivity contribution is 7.81. The maximum absolute atomic E-state index is 4.88. The van der Waals surface area contributed by atoms with Crippen LogP contribution in [-0.2, 0) is 0 Å². The van der Waals surface area contributed by atoms with E-state index < -0.39 is 0 Å². The van der Waals surface area contributed by atoms with Gasteiger partial charge in [-0.3, -0.25) is 4.86 Å². The molecule has 0 rings (SSSR count). The topological polar surface area (TPSA) is 12.0 Å². The van der Waals surface area contributed by atoms with Gasteiger partial charge in [-0.25, -0.2) is 0 Å². The van der Waals surface area contributed by atoms with Crippen LogP contribution in [-0.4, -0.2) is 35.4 Å². The summed E-state index contributed by atoms with van der Waals surface area (Å²) in [6, 6.07) is 0. The molecule has 1 nitrogen and oxygen atoms in total. The molecule has 2 unspecified atom stereocenters. The molecule has 1 N–H and O–H groups in total. The van der Waals surface area contributed by atoms with Crippen LogP contribution in [0.25, 0.3) is 0 Å². The second kappa shape index (κ2) is 9.55. The zero-order valence-corrected chi connectivity index (χ0v) is 11.6. The van der Waals surface area contributed by atoms with Crippen LogP contribution in [0.4, 0.5) is 0 Å². The fourth-order valence-corrected chi connectivity index (χ4v) is 6.20. The lowest BCUT2D eigenvalue weighted by Gasteiger charge is -2.22. The highest BCUT2D eigenvalue weighted by Gasteiger charge is 2.09. The third-order valence-electron chi connectivity index (χ3n) is 1.64. The van der Waals surface area contributed by atoms with Crippen molar-refractivity contribution in [2.45, 2.75) is 13.8 Å². The summed E-state index contributed by atoms with van der Waals surface area (Å²) in [6.45, 7) is 4.44. The Morgan fingerprint density at radius 1 is 1.00 bits per heavy atom. The Hall–Kier alpha value is 1.00. The standard InChI is InChI=1S/C8H17NP2S2/c1-3-10(5-7-12)9-11(4-2)6-8-13/h7-9H,3-6H2,1-2H3. The second-order valence-corrected chi connectivity index (χ2v) is 8.13. The van der Waals surface area contributed by atoms with Crippen LogP contribution in [0, 0.1) is 0 Å². The Morgan fingerprint density at radius 3 is 1.62 bits per heavy atom. The molecule has 0 radical (unpaired) electrons. The van der Waals surface area contributed by atoms with Gasteiger partial charge < -0.3 is 0 Å². The Balaban J connectivity index is 3.85. The number of rotatable bonds is 8. The minimum absolute atomic E-state index is 0.0625. The molecule has 2 atom stereocenters. The third kappa shape index (κ3) is 6.99. The van der Waals surface area contributed by atoms with E-state index in [1.807, 2.05) is 10.7 Å². The van der Waals surface area contributed by atoms with Gasteiger partial charge in [0.15, 0.2) is 0 Å². The van der Waals surface area contributed by atoms with Gasteiger partial charge in [0.25, 0.3) is 0 Å². The molecule has 0 amide bonds. The first-order valence-corrected chi connectivity index (χ1v) is 8.78. The van der Waals surface area contributed by atoms with E-state index in [0.29, 0.717) is 0 Å². The molecule has 0 aromatic heterocycles. The van der Waals surface area contributed by atoms with E-state index in [9.17, 15) is 0 Å². The maximum Gasteiger partial charge on any atom is 0.00938 e. The lowest BCUT2D eigenvalue weighted by molar-refractivity contribution is 1.38. The number of hydrogen-bond donors (Lipinski definition) is 1. The number of hydrogen-bond acceptors (Lipinski definition) is 3. The van der Waals surface area contributed by atoms with E-state index in [1.165, 1.54) is 12.3 Å². The molecule has 0 saturated carbocycles. The van der Waals surface area contributed by atoms with Crippen molar-refractivity contribution in [3.05, 3.63) is 0 Å². The molecule has 0 aromatic rings. The summed E-state index contributed by atoms with van der Waals surface area (Å²) in [5.41, 5.74) is 0. The van der Waals surface area contributed by atoms with E-state index in [-0.39, 0.29) is 16.1 Å². The SMILES string of the molecule is CCP(CC=S)NP(CC)CC=S. The van der Waals surface area contributed by atoms with Gasteiger partial charge in [-0.2, -0.15) is 0 Å². The second-order valence-electron chi connectivity index (χ2n) is 2.51. The molecular formula is C8H17NP2S2. The maximum atomic E-state index is 4.88. The van der Waals surface area contributed by atoms with Crippen LogP contribution < -0.4 is 4.86 Å². The highest BCUT2D eigenvalue weighted by atomic mass is 32.1. The summed E-state index contributed by atoms with van der Waals surface area (Å²) < 4.78 is 0. The van der Waals surface area contributed by atoms with Crippen molar-refractivity contribution in [2.24, 2.45) is 0 Å². The molecule has 0 aromatic carbocycles. The van der Waals surface area contributed by atoms with Gasteiger partial charge in [-0.15, -0.1) is 0 Å². The normalized spacial score (nSPS) is 14.9. The zero-order chi connectivity index (χ0) is 10.1. The molecule has 0 spiro atoms. The largest absolute Gasteiger partial charge is 0.273 e. The van der Waals surface area contributed by atoms with Crippen molar-refractivity contribution in [3.8, 4) is 0 Å². The average molecular weight is 253 g/mol. The summed E-state index contributed by atoms with van der Waals surface area (Å²) in [4.78, 5) is 3.69. The van der Waals surface area contributed by atoms with Crippen LogP contribution >= 0.6 is 40.6 Å². The van der Waals surface area contributed by atoms with Gasteiger partial charge >= 0.3 is 0 Å². The van der Waals surface area contributed by atoms with E-state index in [1.54, 1.807) is 0 Å². The molecule has 13 heavy (non-hydrogen) atoms. The first-order valence-electron chi connectivity index (χ1n) is 4.41. The van der Waals surface area contributed by atoms with Gasteiger partial charge in [-0.05, 0) is 39.2 Å². The monoisotopic (exact) mass is 253 g/mol. The quantitative estimate of drug-likeness (QED) is 0.526. The molecule has 0 fully saturated rings. The van der Waals surface area contributed by atoms with Gasteiger partial charge in [0, 0.05) is 12.3 Å². The van der Waals surface area contributed by atoms with Crippen LogP contribution in [0.1, 0.15) is 13.8 Å². The Labute approximate surface area is 94.7 Å². The average Bonchev–Trinajstić information content (AvgIpc) is 2.16. The molecule has 0 saturated heterocycles. The first kappa shape index (κ1) is 14.0. The van der Waals surface area contributed by atoms with Gasteiger partial charge in [-0.1, -0.05) is 38.3 Å². The predicted molar refractivity (Wildman–Crippen MR) is 75.1 cm³/mol. The van der Waals surface area contributed by atoms with Crippen molar-refractivity contribution < 1.29 is 0 Å². The van der Waals surface area contributed by atoms with Crippen LogP contribution in [0.2, 0.25) is 0 Å². The molecule has 0 aliphatic carbocycles. The van der Waals surface area contributed by atoms with Crippen molar-refractivity contribution in [1.82, 2.24) is 4.86 Å². The Morgan fingerprint density at radius 2 is 1.38 bits per heavy atom. The Bertz CT molecular complexity index is 139. The summed E-state index contributed by atoms with van der Waals surface area (Å²) in [7, 11) is -0.125. The summed E-state index contributed by atoms with van der Waals surface area (Å²) >= 11 is 9.76. The van der Waals surface area contributed by atoms with E-state index in [4.69, 9.17) is 24.4 Å². The lowest BCUT2D eigenvalue weighted by atomic mass is 11.0. The summed E-state index contributed by atoms with van der Waals surface area (Å²) in [5.74, 6) is 0. The fraction of sp³-hybridized carbons (Fsp3) is 0.750. The first-order chi connectivity index (χ1) is 6.28. The molecule has 5 heteroatoms. The molecule has 0 bridgehead atoms. The number of thiocarbonyl (C=S) groups is 2. The molecule has 0 aliphatic heterocycles. The van der Waals surface area contributed by atoms with Crippen molar-refractivity contribution in [3.63, 3.8) is 0 Å². The van der Waals surface area contributed by atoms with Gasteiger partial charge in [0.1, 0.15) is 0 Å². The molecule has 0 heterocycles. The molecular weight excluding hydrogens is 236 g/mol. The fourth-order valence-electron chi connectivity index (χ4n) is 0.861. The van der Waals surface area contributed by atoms with Crippen LogP contribution in [0.15, 0.2) is 0 Å². The minimum atomic E-state index is -0.0625. The van der Waals surface area contributed by atoms with Gasteiger partial charge in [0.2, 0.25) is 0 Å². The highest BCUT2D eigenvalue weighted by Crippen LogP contribution is 2.42. The summed E-state index contributed by atoms with van der Waals surface area (Å²) in [6.07, 6.45) is 4.52. The zero-order valence-electron chi connectivity index (χ0n) is 8.19. The Kier molecular flexibility index (Phi) is 10.3. The van der Waals surface area contributed by atoms with Gasteiger partial charge in [0.05, 0.1) is 0 Å². The third-order valence-corrected chi connectivity index (χ3v) is 7.50. The van der Waals surface area contributed by atoms with E-state index >= 15 is 0 Å². The minimum Gasteiger partial charge on any atom is -0.273 e. The summed E-state index contributed by atoms with van der Waals surface area (Å²) in [5, 5.41) is 3.70. The van der Waals surface area contributed by atoms with Crippen molar-refractivity contribution >= 4 is 51.3 Å². The van der Waals surface area contributed by atoms with E-state index in [0.717, 1.165) is 12.3 Å². The van der Waals surface area contributed by atoms with Crippen LogP contribution in [0.5, 0.6) is 0 Å². The van der Waals surface area contributed by atoms with Crippen LogP contribution in [0.3, 0.4) is 0 Å². The predicted octanol–water partition coefficient (Wildman–Crippen LogP) is 3.41. The molecule has 76 valence electrons. The lowest BCUT2D eigenvalue weighted by Crippen LogP contribution is -2.08. The van der Waals surface area contributed by atoms with Crippen molar-refractivity contribution in [1.29, 1.82) is 0 Å². The smallest absolute Gasteiger partial charge is 0.00938 e. The number of nitrogens with one attached hydrogen (secondary N) is 1. The van der Waals surface area contributed by atoms with Crippen molar-refractivity contribution in [2.75, 3.05) is 24.6 Å². The molecule has 0 aliphatic rings.